The van der Waals surface area contributed by atoms with Crippen LogP contribution < -0.4 is 10.6 Å². The van der Waals surface area contributed by atoms with Crippen molar-refractivity contribution < 1.29 is 14.4 Å². The topological polar surface area (TPSA) is 78.5 Å². The number of carbonyl (C=O) groups is 3. The molecule has 0 saturated carbocycles. The van der Waals surface area contributed by atoms with Gasteiger partial charge in [-0.05, 0) is 48.4 Å². The van der Waals surface area contributed by atoms with Gasteiger partial charge in [-0.15, -0.1) is 0 Å². The maximum absolute atomic E-state index is 12.4. The summed E-state index contributed by atoms with van der Waals surface area (Å²) >= 11 is 0. The van der Waals surface area contributed by atoms with Crippen LogP contribution in [0.3, 0.4) is 0 Å². The zero-order valence-electron chi connectivity index (χ0n) is 18.0. The van der Waals surface area contributed by atoms with Gasteiger partial charge in [0.1, 0.15) is 0 Å². The van der Waals surface area contributed by atoms with Gasteiger partial charge in [-0.3, -0.25) is 14.4 Å². The lowest BCUT2D eigenvalue weighted by atomic mass is 9.83. The number of benzene rings is 2. The summed E-state index contributed by atoms with van der Waals surface area (Å²) < 4.78 is 0. The van der Waals surface area contributed by atoms with E-state index in [0.717, 1.165) is 32.2 Å². The normalized spacial score (nSPS) is 21.0. The molecule has 0 aliphatic carbocycles. The van der Waals surface area contributed by atoms with Crippen LogP contribution in [-0.4, -0.2) is 47.8 Å². The minimum Gasteiger partial charge on any atom is -0.356 e. The molecule has 164 valence electrons. The van der Waals surface area contributed by atoms with Crippen molar-refractivity contribution in [2.75, 3.05) is 19.6 Å². The average Bonchev–Trinajstić information content (AvgIpc) is 3.35. The van der Waals surface area contributed by atoms with Crippen molar-refractivity contribution in [1.82, 2.24) is 15.5 Å². The fourth-order valence-corrected chi connectivity index (χ4v) is 4.87. The highest BCUT2D eigenvalue weighted by Gasteiger charge is 2.38. The summed E-state index contributed by atoms with van der Waals surface area (Å²) in [7, 11) is 0. The van der Waals surface area contributed by atoms with E-state index in [1.165, 1.54) is 16.3 Å². The SMILES string of the molecule is O=C(CCC1(Cc2cccc3ccccc23)CCC(=O)N1)NCCCN1CCCC1=O. The first-order valence-electron chi connectivity index (χ1n) is 11.4. The molecule has 1 atom stereocenters. The van der Waals surface area contributed by atoms with Crippen molar-refractivity contribution in [3.8, 4) is 0 Å². The number of amides is 3. The fourth-order valence-electron chi connectivity index (χ4n) is 4.87. The van der Waals surface area contributed by atoms with Crippen LogP contribution in [0.15, 0.2) is 42.5 Å². The number of hydrogen-bond acceptors (Lipinski definition) is 3. The lowest BCUT2D eigenvalue weighted by Crippen LogP contribution is -2.44. The molecular formula is C25H31N3O3. The van der Waals surface area contributed by atoms with Gasteiger partial charge in [0.05, 0.1) is 0 Å². The third-order valence-corrected chi connectivity index (χ3v) is 6.57. The van der Waals surface area contributed by atoms with Gasteiger partial charge < -0.3 is 15.5 Å². The van der Waals surface area contributed by atoms with Crippen LogP contribution in [0.4, 0.5) is 0 Å². The van der Waals surface area contributed by atoms with Crippen LogP contribution in [0.1, 0.15) is 50.5 Å². The van der Waals surface area contributed by atoms with Crippen LogP contribution in [0, 0.1) is 0 Å². The van der Waals surface area contributed by atoms with Crippen LogP contribution >= 0.6 is 0 Å². The first-order chi connectivity index (χ1) is 15.0. The molecule has 2 aliphatic rings. The summed E-state index contributed by atoms with van der Waals surface area (Å²) in [6, 6.07) is 14.6. The molecule has 3 amide bonds. The highest BCUT2D eigenvalue weighted by Crippen LogP contribution is 2.32. The van der Waals surface area contributed by atoms with Gasteiger partial charge >= 0.3 is 0 Å². The number of nitrogens with one attached hydrogen (secondary N) is 2. The van der Waals surface area contributed by atoms with E-state index in [4.69, 9.17) is 0 Å². The van der Waals surface area contributed by atoms with Crippen LogP contribution in [-0.2, 0) is 20.8 Å². The first kappa shape index (κ1) is 21.3. The van der Waals surface area contributed by atoms with E-state index in [-0.39, 0.29) is 23.3 Å². The largest absolute Gasteiger partial charge is 0.356 e. The monoisotopic (exact) mass is 421 g/mol. The van der Waals surface area contributed by atoms with E-state index in [0.29, 0.717) is 38.8 Å². The van der Waals surface area contributed by atoms with Crippen molar-refractivity contribution >= 4 is 28.5 Å². The Morgan fingerprint density at radius 2 is 1.94 bits per heavy atom. The second-order valence-electron chi connectivity index (χ2n) is 8.83. The average molecular weight is 422 g/mol. The Balaban J connectivity index is 1.32. The van der Waals surface area contributed by atoms with Crippen molar-refractivity contribution in [3.63, 3.8) is 0 Å². The fraction of sp³-hybridized carbons (Fsp3) is 0.480. The van der Waals surface area contributed by atoms with Gasteiger partial charge in [0, 0.05) is 44.4 Å². The maximum atomic E-state index is 12.4. The summed E-state index contributed by atoms with van der Waals surface area (Å²) in [5, 5.41) is 8.55. The number of likely N-dealkylation sites (tertiary alicyclic amines) is 1. The van der Waals surface area contributed by atoms with Crippen LogP contribution in [0.5, 0.6) is 0 Å². The molecule has 2 N–H and O–H groups in total. The van der Waals surface area contributed by atoms with Gasteiger partial charge in [0.15, 0.2) is 0 Å². The zero-order chi connectivity index (χ0) is 21.7. The van der Waals surface area contributed by atoms with Gasteiger partial charge in [-0.1, -0.05) is 42.5 Å². The predicted octanol–water partition coefficient (Wildman–Crippen LogP) is 2.94. The standard InChI is InChI=1S/C25H31N3O3/c29-22(26-15-5-17-28-16-4-10-24(28)31)11-13-25(14-12-23(30)27-25)18-20-8-3-7-19-6-1-2-9-21(19)20/h1-3,6-9H,4-5,10-18H2,(H,26,29)(H,27,30). The number of nitrogens with zero attached hydrogens (tertiary/aromatic N) is 1. The lowest BCUT2D eigenvalue weighted by molar-refractivity contribution is -0.127. The number of fused-ring (bicyclic) bond motifs is 1. The summed E-state index contributed by atoms with van der Waals surface area (Å²) in [5.41, 5.74) is 0.830. The molecule has 4 rings (SSSR count). The van der Waals surface area contributed by atoms with Crippen LogP contribution in [0.25, 0.3) is 10.8 Å². The molecule has 2 aromatic rings. The maximum Gasteiger partial charge on any atom is 0.222 e. The Hall–Kier alpha value is -2.89. The van der Waals surface area contributed by atoms with E-state index in [1.807, 2.05) is 17.0 Å². The zero-order valence-corrected chi connectivity index (χ0v) is 18.0. The van der Waals surface area contributed by atoms with E-state index in [2.05, 4.69) is 41.0 Å². The van der Waals surface area contributed by atoms with E-state index < -0.39 is 0 Å². The van der Waals surface area contributed by atoms with Crippen molar-refractivity contribution in [1.29, 1.82) is 0 Å². The molecule has 0 aromatic heterocycles. The second-order valence-corrected chi connectivity index (χ2v) is 8.83. The second kappa shape index (κ2) is 9.50. The predicted molar refractivity (Wildman–Crippen MR) is 120 cm³/mol. The van der Waals surface area contributed by atoms with E-state index in [1.54, 1.807) is 0 Å². The van der Waals surface area contributed by atoms with E-state index in [9.17, 15) is 14.4 Å². The highest BCUT2D eigenvalue weighted by molar-refractivity contribution is 5.86. The van der Waals surface area contributed by atoms with Crippen molar-refractivity contribution in [2.45, 2.75) is 56.9 Å². The number of rotatable bonds is 9. The van der Waals surface area contributed by atoms with Gasteiger partial charge in [0.2, 0.25) is 17.7 Å². The molecular weight excluding hydrogens is 390 g/mol. The molecule has 0 radical (unpaired) electrons. The third-order valence-electron chi connectivity index (χ3n) is 6.57. The molecule has 6 nitrogen and oxygen atoms in total. The summed E-state index contributed by atoms with van der Waals surface area (Å²) in [4.78, 5) is 38.0. The molecule has 6 heteroatoms. The van der Waals surface area contributed by atoms with Crippen molar-refractivity contribution in [3.05, 3.63) is 48.0 Å². The Morgan fingerprint density at radius 1 is 1.10 bits per heavy atom. The molecule has 2 aliphatic heterocycles. The van der Waals surface area contributed by atoms with Crippen molar-refractivity contribution in [2.24, 2.45) is 0 Å². The molecule has 1 unspecified atom stereocenters. The highest BCUT2D eigenvalue weighted by atomic mass is 16.2. The van der Waals surface area contributed by atoms with Crippen LogP contribution in [0.2, 0.25) is 0 Å². The minimum absolute atomic E-state index is 0.00573. The minimum atomic E-state index is -0.374. The first-order valence-corrected chi connectivity index (χ1v) is 11.4. The number of hydrogen-bond donors (Lipinski definition) is 2. The van der Waals surface area contributed by atoms with Gasteiger partial charge in [0.25, 0.3) is 0 Å². The van der Waals surface area contributed by atoms with E-state index >= 15 is 0 Å². The Bertz CT molecular complexity index is 968. The number of carbonyl (C=O) groups excluding carboxylic acids is 3. The smallest absolute Gasteiger partial charge is 0.222 e. The molecule has 31 heavy (non-hydrogen) atoms. The lowest BCUT2D eigenvalue weighted by Gasteiger charge is -2.30. The quantitative estimate of drug-likeness (QED) is 0.611. The molecule has 2 heterocycles. The Kier molecular flexibility index (Phi) is 6.54. The molecule has 0 spiro atoms. The molecule has 0 bridgehead atoms. The van der Waals surface area contributed by atoms with Gasteiger partial charge in [-0.2, -0.15) is 0 Å². The Labute approximate surface area is 183 Å². The summed E-state index contributed by atoms with van der Waals surface area (Å²) in [5.74, 6) is 0.292. The summed E-state index contributed by atoms with van der Waals surface area (Å²) in [6.45, 7) is 2.12. The Morgan fingerprint density at radius 3 is 2.71 bits per heavy atom. The molecule has 2 saturated heterocycles. The third kappa shape index (κ3) is 5.24. The molecule has 2 aromatic carbocycles. The summed E-state index contributed by atoms with van der Waals surface area (Å²) in [6.07, 6.45) is 5.36. The van der Waals surface area contributed by atoms with Gasteiger partial charge in [-0.25, -0.2) is 0 Å². The molecule has 2 fully saturated rings.